The summed E-state index contributed by atoms with van der Waals surface area (Å²) in [7, 11) is 0. The Morgan fingerprint density at radius 2 is 2.03 bits per heavy atom. The van der Waals surface area contributed by atoms with Gasteiger partial charge in [-0.3, -0.25) is 4.79 Å². The third kappa shape index (κ3) is 3.12. The molecule has 3 saturated carbocycles. The summed E-state index contributed by atoms with van der Waals surface area (Å²) in [5, 5.41) is 14.2. The van der Waals surface area contributed by atoms with Crippen molar-refractivity contribution < 1.29 is 14.3 Å². The number of rotatable bonds is 5. The predicted molar refractivity (Wildman–Crippen MR) is 117 cm³/mol. The zero-order chi connectivity index (χ0) is 21.7. The van der Waals surface area contributed by atoms with Gasteiger partial charge in [-0.1, -0.05) is 0 Å². The van der Waals surface area contributed by atoms with Gasteiger partial charge < -0.3 is 19.8 Å². The molecule has 32 heavy (non-hydrogen) atoms. The minimum atomic E-state index is -0.727. The van der Waals surface area contributed by atoms with Crippen LogP contribution in [-0.2, 0) is 4.79 Å². The lowest BCUT2D eigenvalue weighted by atomic mass is 9.61. The fourth-order valence-corrected chi connectivity index (χ4v) is 5.43. The molecule has 4 heterocycles. The number of aromatic nitrogens is 5. The third-order valence-corrected chi connectivity index (χ3v) is 6.96. The first-order valence-electron chi connectivity index (χ1n) is 10.9. The van der Waals surface area contributed by atoms with E-state index in [0.29, 0.717) is 28.9 Å². The van der Waals surface area contributed by atoms with Crippen molar-refractivity contribution >= 4 is 22.8 Å². The number of carboxylic acid groups (broad SMARTS) is 1. The Kier molecular flexibility index (Phi) is 4.41. The molecule has 4 aromatic rings. The van der Waals surface area contributed by atoms with Gasteiger partial charge in [0.05, 0.1) is 24.1 Å². The quantitative estimate of drug-likeness (QED) is 0.433. The van der Waals surface area contributed by atoms with Gasteiger partial charge in [-0.25, -0.2) is 19.9 Å². The Balaban J connectivity index is 1.44. The van der Waals surface area contributed by atoms with Crippen molar-refractivity contribution in [2.75, 3.05) is 5.32 Å². The summed E-state index contributed by atoms with van der Waals surface area (Å²) >= 11 is 0. The Morgan fingerprint density at radius 3 is 2.81 bits per heavy atom. The monoisotopic (exact) mass is 430 g/mol. The van der Waals surface area contributed by atoms with E-state index in [1.54, 1.807) is 18.7 Å². The van der Waals surface area contributed by atoms with Crippen molar-refractivity contribution in [2.45, 2.75) is 31.7 Å². The van der Waals surface area contributed by atoms with Crippen LogP contribution in [0.15, 0.2) is 47.8 Å². The van der Waals surface area contributed by atoms with Crippen molar-refractivity contribution in [2.24, 2.45) is 17.8 Å². The third-order valence-electron chi connectivity index (χ3n) is 6.96. The van der Waals surface area contributed by atoms with Crippen LogP contribution in [0, 0.1) is 17.8 Å². The van der Waals surface area contributed by atoms with Crippen LogP contribution >= 0.6 is 0 Å². The zero-order valence-corrected chi connectivity index (χ0v) is 17.2. The minimum Gasteiger partial charge on any atom is -0.481 e. The molecule has 2 bridgehead atoms. The summed E-state index contributed by atoms with van der Waals surface area (Å²) in [6, 6.07) is 3.56. The molecule has 0 saturated heterocycles. The number of aromatic amines is 1. The standard InChI is InChI=1S/C23H22N6O3/c30-23(31)19-12-1-3-13(4-2-12)20(19)28-18-7-17(14-5-6-32-10-14)27-22(29-18)16-9-25-21-15(16)8-24-11-26-21/h5-13,19-20H,1-4H2,(H,30,31)(H,24,25,26)(H,27,28,29)/t12?,13?,19-,20-/m0/s1. The molecule has 3 N–H and O–H groups in total. The average Bonchev–Trinajstić information content (AvgIpc) is 3.50. The first kappa shape index (κ1) is 19.0. The summed E-state index contributed by atoms with van der Waals surface area (Å²) in [6.07, 6.45) is 12.4. The van der Waals surface area contributed by atoms with Crippen LogP contribution in [0.1, 0.15) is 25.7 Å². The van der Waals surface area contributed by atoms with Gasteiger partial charge in [-0.05, 0) is 43.6 Å². The number of carboxylic acids is 1. The number of fused-ring (bicyclic) bond motifs is 4. The maximum Gasteiger partial charge on any atom is 0.308 e. The number of carbonyl (C=O) groups is 1. The summed E-state index contributed by atoms with van der Waals surface area (Å²) in [5.41, 5.74) is 3.02. The smallest absolute Gasteiger partial charge is 0.308 e. The van der Waals surface area contributed by atoms with E-state index < -0.39 is 11.9 Å². The SMILES string of the molecule is O=C(O)[C@H]1C2CCC(CC2)[C@@H]1Nc1cc(-c2ccoc2)nc(-c2c[nH]c3ncncc23)n1. The fourth-order valence-electron chi connectivity index (χ4n) is 5.43. The van der Waals surface area contributed by atoms with Crippen LogP contribution in [0.4, 0.5) is 5.82 Å². The first-order valence-corrected chi connectivity index (χ1v) is 10.9. The van der Waals surface area contributed by atoms with E-state index in [9.17, 15) is 9.90 Å². The van der Waals surface area contributed by atoms with E-state index in [2.05, 4.69) is 20.3 Å². The highest BCUT2D eigenvalue weighted by atomic mass is 16.4. The van der Waals surface area contributed by atoms with E-state index in [-0.39, 0.29) is 12.0 Å². The van der Waals surface area contributed by atoms with Gasteiger partial charge in [0.15, 0.2) is 5.82 Å². The van der Waals surface area contributed by atoms with E-state index in [4.69, 9.17) is 14.4 Å². The maximum atomic E-state index is 12.1. The lowest BCUT2D eigenvalue weighted by Crippen LogP contribution is -2.51. The van der Waals surface area contributed by atoms with Crippen molar-refractivity contribution in [1.82, 2.24) is 24.9 Å². The molecule has 0 radical (unpaired) electrons. The highest BCUT2D eigenvalue weighted by Gasteiger charge is 2.47. The molecule has 162 valence electrons. The number of hydrogen-bond acceptors (Lipinski definition) is 7. The molecule has 3 fully saturated rings. The second-order valence-corrected chi connectivity index (χ2v) is 8.67. The van der Waals surface area contributed by atoms with Gasteiger partial charge in [-0.15, -0.1) is 0 Å². The first-order chi connectivity index (χ1) is 15.7. The number of aliphatic carboxylic acids is 1. The lowest BCUT2D eigenvalue weighted by molar-refractivity contribution is -0.148. The molecular formula is C23H22N6O3. The van der Waals surface area contributed by atoms with Crippen LogP contribution < -0.4 is 5.32 Å². The van der Waals surface area contributed by atoms with E-state index >= 15 is 0 Å². The molecule has 0 aliphatic heterocycles. The van der Waals surface area contributed by atoms with Crippen LogP contribution in [0.2, 0.25) is 0 Å². The van der Waals surface area contributed by atoms with Crippen LogP contribution in [-0.4, -0.2) is 42.0 Å². The topological polar surface area (TPSA) is 130 Å². The maximum absolute atomic E-state index is 12.1. The normalized spacial score (nSPS) is 24.6. The molecule has 9 nitrogen and oxygen atoms in total. The highest BCUT2D eigenvalue weighted by molar-refractivity contribution is 5.91. The van der Waals surface area contributed by atoms with Crippen molar-refractivity contribution in [1.29, 1.82) is 0 Å². The molecule has 4 aromatic heterocycles. The van der Waals surface area contributed by atoms with Crippen LogP contribution in [0.5, 0.6) is 0 Å². The van der Waals surface area contributed by atoms with Crippen molar-refractivity contribution in [3.63, 3.8) is 0 Å². The average molecular weight is 430 g/mol. The number of nitrogens with one attached hydrogen (secondary N) is 2. The molecule has 0 amide bonds. The zero-order valence-electron chi connectivity index (χ0n) is 17.2. The molecular weight excluding hydrogens is 408 g/mol. The summed E-state index contributed by atoms with van der Waals surface area (Å²) in [6.45, 7) is 0. The van der Waals surface area contributed by atoms with E-state index in [1.807, 2.05) is 18.3 Å². The fraction of sp³-hybridized carbons (Fsp3) is 0.348. The second-order valence-electron chi connectivity index (χ2n) is 8.67. The van der Waals surface area contributed by atoms with Gasteiger partial charge in [0.1, 0.15) is 17.8 Å². The minimum absolute atomic E-state index is 0.147. The summed E-state index contributed by atoms with van der Waals surface area (Å²) in [4.78, 5) is 33.2. The van der Waals surface area contributed by atoms with Gasteiger partial charge in [-0.2, -0.15) is 0 Å². The lowest BCUT2D eigenvalue weighted by Gasteiger charge is -2.47. The Hall–Kier alpha value is -3.75. The molecule has 2 atom stereocenters. The Morgan fingerprint density at radius 1 is 1.19 bits per heavy atom. The largest absolute Gasteiger partial charge is 0.481 e. The predicted octanol–water partition coefficient (Wildman–Crippen LogP) is 3.98. The van der Waals surface area contributed by atoms with Crippen molar-refractivity contribution in [3.05, 3.63) is 43.4 Å². The van der Waals surface area contributed by atoms with Crippen LogP contribution in [0.25, 0.3) is 33.7 Å². The molecule has 0 aromatic carbocycles. The molecule has 3 aliphatic carbocycles. The molecule has 0 spiro atoms. The summed E-state index contributed by atoms with van der Waals surface area (Å²) in [5.74, 6) is 0.546. The second kappa shape index (κ2) is 7.44. The Labute approximate surface area is 183 Å². The number of furan rings is 1. The van der Waals surface area contributed by atoms with Gasteiger partial charge in [0.2, 0.25) is 0 Å². The van der Waals surface area contributed by atoms with Gasteiger partial charge in [0.25, 0.3) is 0 Å². The van der Waals surface area contributed by atoms with E-state index in [0.717, 1.165) is 42.2 Å². The van der Waals surface area contributed by atoms with Crippen LogP contribution in [0.3, 0.4) is 0 Å². The van der Waals surface area contributed by atoms with Gasteiger partial charge in [0, 0.05) is 41.0 Å². The van der Waals surface area contributed by atoms with Crippen molar-refractivity contribution in [3.8, 4) is 22.6 Å². The molecule has 3 aliphatic rings. The summed E-state index contributed by atoms with van der Waals surface area (Å²) < 4.78 is 5.26. The molecule has 0 unspecified atom stereocenters. The Bertz CT molecular complexity index is 1280. The van der Waals surface area contributed by atoms with E-state index in [1.165, 1.54) is 6.33 Å². The molecule has 9 heteroatoms. The van der Waals surface area contributed by atoms with Gasteiger partial charge >= 0.3 is 5.97 Å². The number of nitrogens with zero attached hydrogens (tertiary/aromatic N) is 4. The number of hydrogen-bond donors (Lipinski definition) is 3. The number of H-pyrrole nitrogens is 1. The number of anilines is 1. The highest BCUT2D eigenvalue weighted by Crippen LogP contribution is 2.46. The molecule has 7 rings (SSSR count).